The van der Waals surface area contributed by atoms with Crippen molar-refractivity contribution in [2.45, 2.75) is 0 Å². The quantitative estimate of drug-likeness (QED) is 0.540. The van der Waals surface area contributed by atoms with Crippen LogP contribution >= 0.6 is 0 Å². The second-order valence-corrected chi connectivity index (χ2v) is 5.52. The van der Waals surface area contributed by atoms with Gasteiger partial charge in [0.25, 0.3) is 5.91 Å². The van der Waals surface area contributed by atoms with Crippen LogP contribution in [0.5, 0.6) is 5.75 Å². The lowest BCUT2D eigenvalue weighted by Gasteiger charge is -2.06. The average molecular weight is 348 g/mol. The molecule has 5 heteroatoms. The number of nitrogens with zero attached hydrogens (tertiary/aromatic N) is 1. The van der Waals surface area contributed by atoms with Crippen molar-refractivity contribution in [1.29, 1.82) is 0 Å². The lowest BCUT2D eigenvalue weighted by Crippen LogP contribution is -2.24. The molecule has 0 aliphatic carbocycles. The lowest BCUT2D eigenvalue weighted by molar-refractivity contribution is -0.123. The number of benzene rings is 3. The Morgan fingerprint density at radius 1 is 0.923 bits per heavy atom. The first-order valence-electron chi connectivity index (χ1n) is 8.06. The molecule has 3 rings (SSSR count). The summed E-state index contributed by atoms with van der Waals surface area (Å²) >= 11 is 0. The summed E-state index contributed by atoms with van der Waals surface area (Å²) in [5, 5.41) is 3.81. The van der Waals surface area contributed by atoms with Crippen molar-refractivity contribution in [2.24, 2.45) is 5.10 Å². The van der Waals surface area contributed by atoms with Crippen molar-refractivity contribution in [1.82, 2.24) is 5.43 Å². The fraction of sp³-hybridized carbons (Fsp3) is 0.0476. The van der Waals surface area contributed by atoms with Gasteiger partial charge in [0.2, 0.25) is 0 Å². The van der Waals surface area contributed by atoms with Gasteiger partial charge in [0.1, 0.15) is 11.6 Å². The van der Waals surface area contributed by atoms with Gasteiger partial charge in [-0.3, -0.25) is 4.79 Å². The Morgan fingerprint density at radius 3 is 2.27 bits per heavy atom. The van der Waals surface area contributed by atoms with Crippen LogP contribution in [0.1, 0.15) is 5.56 Å². The Kier molecular flexibility index (Phi) is 5.72. The minimum atomic E-state index is -0.379. The molecule has 26 heavy (non-hydrogen) atoms. The maximum absolute atomic E-state index is 12.8. The van der Waals surface area contributed by atoms with E-state index in [9.17, 15) is 9.18 Å². The van der Waals surface area contributed by atoms with Crippen LogP contribution in [0.3, 0.4) is 0 Å². The van der Waals surface area contributed by atoms with Gasteiger partial charge >= 0.3 is 0 Å². The zero-order chi connectivity index (χ0) is 18.2. The van der Waals surface area contributed by atoms with Gasteiger partial charge in [-0.05, 0) is 41.0 Å². The third kappa shape index (κ3) is 5.01. The van der Waals surface area contributed by atoms with E-state index in [-0.39, 0.29) is 18.3 Å². The second-order valence-electron chi connectivity index (χ2n) is 5.52. The molecule has 4 nitrogen and oxygen atoms in total. The minimum Gasteiger partial charge on any atom is -0.484 e. The van der Waals surface area contributed by atoms with Gasteiger partial charge in [-0.2, -0.15) is 5.10 Å². The number of ether oxygens (including phenoxy) is 1. The highest BCUT2D eigenvalue weighted by molar-refractivity contribution is 5.82. The number of rotatable bonds is 6. The number of carbonyl (C=O) groups is 1. The van der Waals surface area contributed by atoms with Gasteiger partial charge < -0.3 is 4.74 Å². The van der Waals surface area contributed by atoms with Crippen molar-refractivity contribution >= 4 is 12.1 Å². The van der Waals surface area contributed by atoms with Crippen LogP contribution in [-0.4, -0.2) is 18.7 Å². The highest BCUT2D eigenvalue weighted by Gasteiger charge is 2.02. The summed E-state index contributed by atoms with van der Waals surface area (Å²) in [7, 11) is 0. The third-order valence-corrected chi connectivity index (χ3v) is 3.60. The number of halogens is 1. The van der Waals surface area contributed by atoms with E-state index in [2.05, 4.69) is 10.5 Å². The van der Waals surface area contributed by atoms with Crippen LogP contribution in [0.25, 0.3) is 11.1 Å². The number of hydrazone groups is 1. The van der Waals surface area contributed by atoms with E-state index in [1.807, 2.05) is 54.6 Å². The number of hydrogen-bond acceptors (Lipinski definition) is 3. The van der Waals surface area contributed by atoms with Crippen molar-refractivity contribution in [2.75, 3.05) is 6.61 Å². The van der Waals surface area contributed by atoms with Crippen molar-refractivity contribution in [3.05, 3.63) is 90.2 Å². The van der Waals surface area contributed by atoms with Crippen molar-refractivity contribution in [3.63, 3.8) is 0 Å². The third-order valence-electron chi connectivity index (χ3n) is 3.60. The second kappa shape index (κ2) is 8.58. The van der Waals surface area contributed by atoms with E-state index in [0.29, 0.717) is 11.3 Å². The molecule has 3 aromatic rings. The van der Waals surface area contributed by atoms with Crippen molar-refractivity contribution < 1.29 is 13.9 Å². The molecule has 0 atom stereocenters. The number of amides is 1. The van der Waals surface area contributed by atoms with Crippen LogP contribution in [0, 0.1) is 5.82 Å². The van der Waals surface area contributed by atoms with Gasteiger partial charge in [-0.1, -0.05) is 54.6 Å². The lowest BCUT2D eigenvalue weighted by atomic mass is 10.1. The molecule has 0 bridgehead atoms. The Balaban J connectivity index is 1.47. The average Bonchev–Trinajstić information content (AvgIpc) is 2.69. The summed E-state index contributed by atoms with van der Waals surface area (Å²) in [5.41, 5.74) is 5.24. The first-order valence-corrected chi connectivity index (χ1v) is 8.06. The highest BCUT2D eigenvalue weighted by Crippen LogP contribution is 2.21. The van der Waals surface area contributed by atoms with Gasteiger partial charge in [-0.15, -0.1) is 0 Å². The molecule has 0 aromatic heterocycles. The summed E-state index contributed by atoms with van der Waals surface area (Å²) in [6, 6.07) is 23.3. The fourth-order valence-corrected chi connectivity index (χ4v) is 2.28. The van der Waals surface area contributed by atoms with Crippen LogP contribution in [0.15, 0.2) is 84.0 Å². The molecule has 1 amide bonds. The standard InChI is InChI=1S/C21H17FN2O2/c22-19-10-6-16(7-11-19)14-23-24-21(25)15-26-20-12-8-18(9-13-20)17-4-2-1-3-5-17/h1-14H,15H2,(H,24,25). The van der Waals surface area contributed by atoms with E-state index in [0.717, 1.165) is 11.1 Å². The molecule has 0 saturated carbocycles. The largest absolute Gasteiger partial charge is 0.484 e. The predicted molar refractivity (Wildman–Crippen MR) is 99.5 cm³/mol. The summed E-state index contributed by atoms with van der Waals surface area (Å²) in [6.07, 6.45) is 1.44. The molecule has 0 spiro atoms. The van der Waals surface area contributed by atoms with E-state index in [1.165, 1.54) is 18.3 Å². The van der Waals surface area contributed by atoms with Gasteiger partial charge in [-0.25, -0.2) is 9.82 Å². The van der Waals surface area contributed by atoms with Crippen LogP contribution in [0.4, 0.5) is 4.39 Å². The minimum absolute atomic E-state index is 0.147. The maximum atomic E-state index is 12.8. The van der Waals surface area contributed by atoms with E-state index in [1.54, 1.807) is 12.1 Å². The zero-order valence-corrected chi connectivity index (χ0v) is 13.9. The highest BCUT2D eigenvalue weighted by atomic mass is 19.1. The van der Waals surface area contributed by atoms with Gasteiger partial charge in [0.05, 0.1) is 6.21 Å². The summed E-state index contributed by atoms with van der Waals surface area (Å²) in [6.45, 7) is -0.147. The number of carbonyl (C=O) groups excluding carboxylic acids is 1. The smallest absolute Gasteiger partial charge is 0.277 e. The molecule has 0 aliphatic rings. The van der Waals surface area contributed by atoms with Crippen LogP contribution in [-0.2, 0) is 4.79 Å². The Hall–Kier alpha value is -3.47. The summed E-state index contributed by atoms with van der Waals surface area (Å²) < 4.78 is 18.2. The SMILES string of the molecule is O=C(COc1ccc(-c2ccccc2)cc1)NN=Cc1ccc(F)cc1. The number of nitrogens with one attached hydrogen (secondary N) is 1. The molecule has 0 unspecified atom stereocenters. The molecular weight excluding hydrogens is 331 g/mol. The van der Waals surface area contributed by atoms with E-state index < -0.39 is 0 Å². The van der Waals surface area contributed by atoms with Gasteiger partial charge in [0, 0.05) is 0 Å². The summed E-state index contributed by atoms with van der Waals surface area (Å²) in [5.74, 6) is -0.101. The Morgan fingerprint density at radius 2 is 1.58 bits per heavy atom. The van der Waals surface area contributed by atoms with E-state index in [4.69, 9.17) is 4.74 Å². The van der Waals surface area contributed by atoms with Crippen LogP contribution < -0.4 is 10.2 Å². The molecule has 0 aliphatic heterocycles. The number of hydrogen-bond donors (Lipinski definition) is 1. The first-order chi connectivity index (χ1) is 12.7. The summed E-state index contributed by atoms with van der Waals surface area (Å²) in [4.78, 5) is 11.7. The Labute approximate surface area is 150 Å². The molecule has 0 heterocycles. The fourth-order valence-electron chi connectivity index (χ4n) is 2.28. The predicted octanol–water partition coefficient (Wildman–Crippen LogP) is 4.02. The van der Waals surface area contributed by atoms with Crippen LogP contribution in [0.2, 0.25) is 0 Å². The molecule has 0 saturated heterocycles. The molecular formula is C21H17FN2O2. The molecule has 1 N–H and O–H groups in total. The molecule has 0 radical (unpaired) electrons. The molecule has 3 aromatic carbocycles. The first kappa shape index (κ1) is 17.4. The van der Waals surface area contributed by atoms with Crippen molar-refractivity contribution in [3.8, 4) is 16.9 Å². The normalized spacial score (nSPS) is 10.7. The molecule has 130 valence electrons. The van der Waals surface area contributed by atoms with E-state index >= 15 is 0 Å². The molecule has 0 fully saturated rings. The maximum Gasteiger partial charge on any atom is 0.277 e. The topological polar surface area (TPSA) is 50.7 Å². The Bertz CT molecular complexity index is 876. The zero-order valence-electron chi connectivity index (χ0n) is 13.9. The monoisotopic (exact) mass is 348 g/mol. The van der Waals surface area contributed by atoms with Gasteiger partial charge in [0.15, 0.2) is 6.61 Å².